The summed E-state index contributed by atoms with van der Waals surface area (Å²) in [5, 5.41) is 13.0. The monoisotopic (exact) mass is 244 g/mol. The molecular formula is C14H16N2O2. The number of pyridine rings is 1. The van der Waals surface area contributed by atoms with Gasteiger partial charge in [0.25, 0.3) is 0 Å². The van der Waals surface area contributed by atoms with Crippen LogP contribution in [0.15, 0.2) is 36.5 Å². The van der Waals surface area contributed by atoms with Crippen molar-refractivity contribution >= 4 is 22.5 Å². The summed E-state index contributed by atoms with van der Waals surface area (Å²) in [4.78, 5) is 16.0. The maximum atomic E-state index is 11.7. The topological polar surface area (TPSA) is 62.2 Å². The van der Waals surface area contributed by atoms with Gasteiger partial charge in [-0.05, 0) is 25.5 Å². The van der Waals surface area contributed by atoms with Crippen molar-refractivity contribution in [1.82, 2.24) is 4.98 Å². The van der Waals surface area contributed by atoms with Crippen LogP contribution in [0.2, 0.25) is 0 Å². The molecule has 0 bridgehead atoms. The Labute approximate surface area is 106 Å². The first-order valence-electron chi connectivity index (χ1n) is 5.98. The fraction of sp³-hybridized carbons (Fsp3) is 0.286. The Morgan fingerprint density at radius 1 is 1.39 bits per heavy atom. The number of benzene rings is 1. The third-order valence-corrected chi connectivity index (χ3v) is 2.70. The van der Waals surface area contributed by atoms with Gasteiger partial charge in [0, 0.05) is 18.0 Å². The maximum Gasteiger partial charge on any atom is 0.224 e. The van der Waals surface area contributed by atoms with E-state index in [0.717, 1.165) is 10.9 Å². The largest absolute Gasteiger partial charge is 0.393 e. The van der Waals surface area contributed by atoms with E-state index in [-0.39, 0.29) is 5.91 Å². The quantitative estimate of drug-likeness (QED) is 0.867. The molecule has 1 atom stereocenters. The van der Waals surface area contributed by atoms with Gasteiger partial charge in [-0.2, -0.15) is 0 Å². The van der Waals surface area contributed by atoms with E-state index in [4.69, 9.17) is 5.11 Å². The number of hydrogen-bond acceptors (Lipinski definition) is 3. The number of nitrogens with one attached hydrogen (secondary N) is 1. The summed E-state index contributed by atoms with van der Waals surface area (Å²) in [5.41, 5.74) is 1.49. The Morgan fingerprint density at radius 3 is 2.94 bits per heavy atom. The summed E-state index contributed by atoms with van der Waals surface area (Å²) in [6, 6.07) is 9.48. The van der Waals surface area contributed by atoms with Crippen molar-refractivity contribution in [1.29, 1.82) is 0 Å². The van der Waals surface area contributed by atoms with Crippen LogP contribution in [0.3, 0.4) is 0 Å². The van der Waals surface area contributed by atoms with Crippen LogP contribution in [0.25, 0.3) is 10.9 Å². The van der Waals surface area contributed by atoms with Crippen LogP contribution in [0, 0.1) is 0 Å². The fourth-order valence-corrected chi connectivity index (χ4v) is 1.76. The number of carbonyl (C=O) groups is 1. The Balaban J connectivity index is 2.14. The maximum absolute atomic E-state index is 11.7. The van der Waals surface area contributed by atoms with E-state index >= 15 is 0 Å². The highest BCUT2D eigenvalue weighted by Gasteiger charge is 2.07. The highest BCUT2D eigenvalue weighted by atomic mass is 16.3. The van der Waals surface area contributed by atoms with Crippen molar-refractivity contribution in [2.45, 2.75) is 25.9 Å². The number of para-hydroxylation sites is 1. The highest BCUT2D eigenvalue weighted by molar-refractivity contribution is 6.00. The molecule has 18 heavy (non-hydrogen) atoms. The van der Waals surface area contributed by atoms with Gasteiger partial charge >= 0.3 is 0 Å². The number of fused-ring (bicyclic) bond motifs is 1. The average Bonchev–Trinajstić information content (AvgIpc) is 2.37. The van der Waals surface area contributed by atoms with E-state index in [2.05, 4.69) is 10.3 Å². The molecule has 2 aromatic rings. The molecule has 4 heteroatoms. The molecule has 0 saturated carbocycles. The van der Waals surface area contributed by atoms with Crippen LogP contribution in [-0.2, 0) is 4.79 Å². The Kier molecular flexibility index (Phi) is 3.89. The van der Waals surface area contributed by atoms with Crippen molar-refractivity contribution in [2.75, 3.05) is 5.32 Å². The van der Waals surface area contributed by atoms with Gasteiger partial charge in [0.2, 0.25) is 5.91 Å². The van der Waals surface area contributed by atoms with Gasteiger partial charge < -0.3 is 10.4 Å². The van der Waals surface area contributed by atoms with Gasteiger partial charge in [0.15, 0.2) is 0 Å². The number of aliphatic hydroxyl groups excluding tert-OH is 1. The number of anilines is 1. The molecule has 1 aromatic carbocycles. The predicted molar refractivity (Wildman–Crippen MR) is 71.3 cm³/mol. The molecule has 94 valence electrons. The lowest BCUT2D eigenvalue weighted by Gasteiger charge is -2.08. The average molecular weight is 244 g/mol. The smallest absolute Gasteiger partial charge is 0.224 e. The SMILES string of the molecule is CC(O)CCC(=O)Nc1cccc2cccnc12. The second-order valence-electron chi connectivity index (χ2n) is 4.32. The summed E-state index contributed by atoms with van der Waals surface area (Å²) >= 11 is 0. The van der Waals surface area contributed by atoms with Crippen molar-refractivity contribution in [3.8, 4) is 0 Å². The number of carbonyl (C=O) groups excluding carboxylic acids is 1. The Hall–Kier alpha value is -1.94. The van der Waals surface area contributed by atoms with Crippen LogP contribution in [0.5, 0.6) is 0 Å². The van der Waals surface area contributed by atoms with Crippen molar-refractivity contribution in [3.63, 3.8) is 0 Å². The van der Waals surface area contributed by atoms with Crippen molar-refractivity contribution in [3.05, 3.63) is 36.5 Å². The third-order valence-electron chi connectivity index (χ3n) is 2.70. The zero-order valence-corrected chi connectivity index (χ0v) is 10.3. The zero-order valence-electron chi connectivity index (χ0n) is 10.3. The van der Waals surface area contributed by atoms with E-state index in [0.29, 0.717) is 18.5 Å². The van der Waals surface area contributed by atoms with E-state index in [1.807, 2.05) is 30.3 Å². The van der Waals surface area contributed by atoms with E-state index < -0.39 is 6.10 Å². The van der Waals surface area contributed by atoms with Gasteiger partial charge in [-0.25, -0.2) is 0 Å². The molecule has 1 amide bonds. The lowest BCUT2D eigenvalue weighted by molar-refractivity contribution is -0.116. The summed E-state index contributed by atoms with van der Waals surface area (Å²) in [6.45, 7) is 1.67. The summed E-state index contributed by atoms with van der Waals surface area (Å²) in [7, 11) is 0. The molecule has 1 aromatic heterocycles. The van der Waals surface area contributed by atoms with Crippen LogP contribution in [0.4, 0.5) is 5.69 Å². The highest BCUT2D eigenvalue weighted by Crippen LogP contribution is 2.20. The van der Waals surface area contributed by atoms with Crippen LogP contribution >= 0.6 is 0 Å². The summed E-state index contributed by atoms with van der Waals surface area (Å²) < 4.78 is 0. The number of hydrogen-bond donors (Lipinski definition) is 2. The lowest BCUT2D eigenvalue weighted by Crippen LogP contribution is -2.14. The molecule has 4 nitrogen and oxygen atoms in total. The molecule has 0 aliphatic rings. The molecule has 0 saturated heterocycles. The molecular weight excluding hydrogens is 228 g/mol. The van der Waals surface area contributed by atoms with E-state index in [1.54, 1.807) is 13.1 Å². The molecule has 0 fully saturated rings. The summed E-state index contributed by atoms with van der Waals surface area (Å²) in [5.74, 6) is -0.103. The summed E-state index contributed by atoms with van der Waals surface area (Å²) in [6.07, 6.45) is 2.01. The molecule has 0 radical (unpaired) electrons. The standard InChI is InChI=1S/C14H16N2O2/c1-10(17)7-8-13(18)16-12-6-2-4-11-5-3-9-15-14(11)12/h2-6,9-10,17H,7-8H2,1H3,(H,16,18). The molecule has 0 spiro atoms. The molecule has 1 unspecified atom stereocenters. The number of rotatable bonds is 4. The molecule has 0 aliphatic carbocycles. The second kappa shape index (κ2) is 5.60. The van der Waals surface area contributed by atoms with E-state index in [9.17, 15) is 4.79 Å². The normalized spacial score (nSPS) is 12.3. The van der Waals surface area contributed by atoms with E-state index in [1.165, 1.54) is 0 Å². The second-order valence-corrected chi connectivity index (χ2v) is 4.32. The Morgan fingerprint density at radius 2 is 2.17 bits per heavy atom. The number of aliphatic hydroxyl groups is 1. The van der Waals surface area contributed by atoms with Crippen molar-refractivity contribution < 1.29 is 9.90 Å². The van der Waals surface area contributed by atoms with Gasteiger partial charge in [-0.15, -0.1) is 0 Å². The first-order valence-corrected chi connectivity index (χ1v) is 5.98. The number of aromatic nitrogens is 1. The van der Waals surface area contributed by atoms with Gasteiger partial charge in [0.1, 0.15) is 0 Å². The predicted octanol–water partition coefficient (Wildman–Crippen LogP) is 2.33. The first-order chi connectivity index (χ1) is 8.66. The van der Waals surface area contributed by atoms with Crippen molar-refractivity contribution in [2.24, 2.45) is 0 Å². The zero-order chi connectivity index (χ0) is 13.0. The van der Waals surface area contributed by atoms with Crippen LogP contribution in [0.1, 0.15) is 19.8 Å². The number of nitrogens with zero attached hydrogens (tertiary/aromatic N) is 1. The Bertz CT molecular complexity index is 547. The minimum atomic E-state index is -0.457. The molecule has 0 aliphatic heterocycles. The van der Waals surface area contributed by atoms with Gasteiger partial charge in [-0.3, -0.25) is 9.78 Å². The number of amides is 1. The third kappa shape index (κ3) is 3.05. The minimum absolute atomic E-state index is 0.103. The minimum Gasteiger partial charge on any atom is -0.393 e. The van der Waals surface area contributed by atoms with Gasteiger partial charge in [0.05, 0.1) is 17.3 Å². The molecule has 1 heterocycles. The van der Waals surface area contributed by atoms with Crippen LogP contribution < -0.4 is 5.32 Å². The molecule has 2 rings (SSSR count). The molecule has 2 N–H and O–H groups in total. The first kappa shape index (κ1) is 12.5. The van der Waals surface area contributed by atoms with Gasteiger partial charge in [-0.1, -0.05) is 18.2 Å². The van der Waals surface area contributed by atoms with Crippen LogP contribution in [-0.4, -0.2) is 22.1 Å². The fourth-order valence-electron chi connectivity index (χ4n) is 1.76. The lowest BCUT2D eigenvalue weighted by atomic mass is 10.1.